The average molecular weight is 249 g/mol. The van der Waals surface area contributed by atoms with E-state index >= 15 is 0 Å². The molecule has 4 heteroatoms. The first kappa shape index (κ1) is 13.3. The molecule has 0 aromatic carbocycles. The van der Waals surface area contributed by atoms with Crippen LogP contribution in [0, 0.1) is 11.8 Å². The Kier molecular flexibility index (Phi) is 4.53. The smallest absolute Gasteiger partial charge is 0.316 e. The Bertz CT molecular complexity index is 364. The molecule has 1 aromatic heterocycles. The second-order valence-corrected chi connectivity index (χ2v) is 5.46. The lowest BCUT2D eigenvalue weighted by atomic mass is 9.88. The fraction of sp³-hybridized carbons (Fsp3) is 0.714. The fourth-order valence-corrected chi connectivity index (χ4v) is 2.57. The van der Waals surface area contributed by atoms with E-state index in [0.717, 1.165) is 18.4 Å². The standard InChI is InChI=1S/C14H23N3O/c1-11(2)13-5-4-6-17(10-13)9-12-7-15-14(18-3)16-8-12/h7-8,11,13H,4-6,9-10H2,1-3H3. The lowest BCUT2D eigenvalue weighted by molar-refractivity contribution is 0.139. The van der Waals surface area contributed by atoms with Gasteiger partial charge in [-0.15, -0.1) is 0 Å². The number of likely N-dealkylation sites (tertiary alicyclic amines) is 1. The number of ether oxygens (including phenoxy) is 1. The van der Waals surface area contributed by atoms with Crippen molar-refractivity contribution in [1.29, 1.82) is 0 Å². The SMILES string of the molecule is COc1ncc(CN2CCCC(C(C)C)C2)cn1. The first-order valence-corrected chi connectivity index (χ1v) is 6.76. The van der Waals surface area contributed by atoms with Gasteiger partial charge in [-0.2, -0.15) is 0 Å². The Morgan fingerprint density at radius 2 is 2.11 bits per heavy atom. The maximum Gasteiger partial charge on any atom is 0.316 e. The van der Waals surface area contributed by atoms with Crippen LogP contribution in [0.15, 0.2) is 12.4 Å². The van der Waals surface area contributed by atoms with Gasteiger partial charge >= 0.3 is 6.01 Å². The molecule has 1 unspecified atom stereocenters. The van der Waals surface area contributed by atoms with Crippen molar-refractivity contribution >= 4 is 0 Å². The molecule has 0 N–H and O–H groups in total. The second-order valence-electron chi connectivity index (χ2n) is 5.46. The Balaban J connectivity index is 1.91. The van der Waals surface area contributed by atoms with Crippen molar-refractivity contribution in [2.24, 2.45) is 11.8 Å². The molecule has 2 rings (SSSR count). The molecule has 1 aromatic rings. The molecular formula is C14H23N3O. The van der Waals surface area contributed by atoms with E-state index in [2.05, 4.69) is 28.7 Å². The predicted octanol–water partition coefficient (Wildman–Crippen LogP) is 2.35. The number of aromatic nitrogens is 2. The fourth-order valence-electron chi connectivity index (χ4n) is 2.57. The van der Waals surface area contributed by atoms with Crippen molar-refractivity contribution < 1.29 is 4.74 Å². The summed E-state index contributed by atoms with van der Waals surface area (Å²) in [6.45, 7) is 7.99. The number of hydrogen-bond acceptors (Lipinski definition) is 4. The molecule has 1 aliphatic heterocycles. The molecule has 4 nitrogen and oxygen atoms in total. The third kappa shape index (κ3) is 3.42. The van der Waals surface area contributed by atoms with Crippen molar-refractivity contribution in [2.45, 2.75) is 33.2 Å². The van der Waals surface area contributed by atoms with Gasteiger partial charge in [-0.3, -0.25) is 4.90 Å². The molecule has 1 fully saturated rings. The number of rotatable bonds is 4. The topological polar surface area (TPSA) is 38.2 Å². The van der Waals surface area contributed by atoms with Crippen molar-refractivity contribution in [2.75, 3.05) is 20.2 Å². The molecule has 0 bridgehead atoms. The van der Waals surface area contributed by atoms with Gasteiger partial charge in [0.2, 0.25) is 0 Å². The summed E-state index contributed by atoms with van der Waals surface area (Å²) >= 11 is 0. The van der Waals surface area contributed by atoms with Crippen LogP contribution in [0.1, 0.15) is 32.3 Å². The molecule has 0 aliphatic carbocycles. The molecule has 0 amide bonds. The van der Waals surface area contributed by atoms with Crippen molar-refractivity contribution in [3.05, 3.63) is 18.0 Å². The highest BCUT2D eigenvalue weighted by atomic mass is 16.5. The van der Waals surface area contributed by atoms with Crippen LogP contribution in [0.25, 0.3) is 0 Å². The Morgan fingerprint density at radius 3 is 2.72 bits per heavy atom. The maximum atomic E-state index is 4.97. The van der Waals surface area contributed by atoms with Gasteiger partial charge in [-0.05, 0) is 31.2 Å². The molecule has 18 heavy (non-hydrogen) atoms. The summed E-state index contributed by atoms with van der Waals surface area (Å²) in [4.78, 5) is 10.8. The molecular weight excluding hydrogens is 226 g/mol. The Hall–Kier alpha value is -1.16. The minimum Gasteiger partial charge on any atom is -0.467 e. The van der Waals surface area contributed by atoms with E-state index in [0.29, 0.717) is 6.01 Å². The molecule has 0 saturated carbocycles. The second kappa shape index (κ2) is 6.14. The van der Waals surface area contributed by atoms with Crippen LogP contribution in [-0.4, -0.2) is 35.1 Å². The highest BCUT2D eigenvalue weighted by Gasteiger charge is 2.22. The Morgan fingerprint density at radius 1 is 1.39 bits per heavy atom. The first-order valence-electron chi connectivity index (χ1n) is 6.76. The predicted molar refractivity (Wildman–Crippen MR) is 71.4 cm³/mol. The summed E-state index contributed by atoms with van der Waals surface area (Å²) < 4.78 is 4.97. The van der Waals surface area contributed by atoms with Crippen LogP contribution < -0.4 is 4.74 Å². The molecule has 1 atom stereocenters. The van der Waals surface area contributed by atoms with Crippen molar-refractivity contribution in [1.82, 2.24) is 14.9 Å². The van der Waals surface area contributed by atoms with Gasteiger partial charge in [0, 0.05) is 31.0 Å². The number of piperidine rings is 1. The average Bonchev–Trinajstić information content (AvgIpc) is 2.40. The molecule has 0 radical (unpaired) electrons. The zero-order valence-electron chi connectivity index (χ0n) is 11.6. The van der Waals surface area contributed by atoms with Crippen LogP contribution in [0.2, 0.25) is 0 Å². The van der Waals surface area contributed by atoms with Gasteiger partial charge in [0.1, 0.15) is 0 Å². The zero-order valence-corrected chi connectivity index (χ0v) is 11.6. The van der Waals surface area contributed by atoms with Gasteiger partial charge < -0.3 is 4.74 Å². The molecule has 0 spiro atoms. The largest absolute Gasteiger partial charge is 0.467 e. The van der Waals surface area contributed by atoms with E-state index < -0.39 is 0 Å². The van der Waals surface area contributed by atoms with Gasteiger partial charge in [0.15, 0.2) is 0 Å². The van der Waals surface area contributed by atoms with E-state index in [1.54, 1.807) is 7.11 Å². The molecule has 100 valence electrons. The van der Waals surface area contributed by atoms with E-state index in [4.69, 9.17) is 4.74 Å². The van der Waals surface area contributed by atoms with Gasteiger partial charge in [0.25, 0.3) is 0 Å². The van der Waals surface area contributed by atoms with E-state index in [9.17, 15) is 0 Å². The quantitative estimate of drug-likeness (QED) is 0.821. The van der Waals surface area contributed by atoms with E-state index in [1.807, 2.05) is 12.4 Å². The molecule has 2 heterocycles. The zero-order chi connectivity index (χ0) is 13.0. The number of hydrogen-bond donors (Lipinski definition) is 0. The highest BCUT2D eigenvalue weighted by molar-refractivity contribution is 5.07. The maximum absolute atomic E-state index is 4.97. The molecule has 1 saturated heterocycles. The molecule has 1 aliphatic rings. The van der Waals surface area contributed by atoms with Crippen molar-refractivity contribution in [3.8, 4) is 6.01 Å². The minimum absolute atomic E-state index is 0.442. The van der Waals surface area contributed by atoms with E-state index in [-0.39, 0.29) is 0 Å². The number of nitrogens with zero attached hydrogens (tertiary/aromatic N) is 3. The summed E-state index contributed by atoms with van der Waals surface area (Å²) in [5.41, 5.74) is 1.17. The lowest BCUT2D eigenvalue weighted by Gasteiger charge is -2.34. The van der Waals surface area contributed by atoms with Crippen LogP contribution in [0.4, 0.5) is 0 Å². The summed E-state index contributed by atoms with van der Waals surface area (Å²) in [5.74, 6) is 1.61. The summed E-state index contributed by atoms with van der Waals surface area (Å²) in [6.07, 6.45) is 6.41. The summed E-state index contributed by atoms with van der Waals surface area (Å²) in [7, 11) is 1.59. The van der Waals surface area contributed by atoms with Crippen LogP contribution in [0.3, 0.4) is 0 Å². The summed E-state index contributed by atoms with van der Waals surface area (Å²) in [6, 6.07) is 0.442. The third-order valence-corrected chi connectivity index (χ3v) is 3.76. The van der Waals surface area contributed by atoms with Crippen LogP contribution in [0.5, 0.6) is 6.01 Å². The summed E-state index contributed by atoms with van der Waals surface area (Å²) in [5, 5.41) is 0. The van der Waals surface area contributed by atoms with Crippen LogP contribution >= 0.6 is 0 Å². The highest BCUT2D eigenvalue weighted by Crippen LogP contribution is 2.24. The van der Waals surface area contributed by atoms with Crippen molar-refractivity contribution in [3.63, 3.8) is 0 Å². The van der Waals surface area contributed by atoms with Gasteiger partial charge in [0.05, 0.1) is 7.11 Å². The van der Waals surface area contributed by atoms with Gasteiger partial charge in [-0.1, -0.05) is 13.8 Å². The minimum atomic E-state index is 0.442. The third-order valence-electron chi connectivity index (χ3n) is 3.76. The lowest BCUT2D eigenvalue weighted by Crippen LogP contribution is -2.36. The van der Waals surface area contributed by atoms with Gasteiger partial charge in [-0.25, -0.2) is 9.97 Å². The van der Waals surface area contributed by atoms with E-state index in [1.165, 1.54) is 31.5 Å². The first-order chi connectivity index (χ1) is 8.69. The Labute approximate surface area is 109 Å². The monoisotopic (exact) mass is 249 g/mol. The normalized spacial score (nSPS) is 21.2. The number of methoxy groups -OCH3 is 1. The van der Waals surface area contributed by atoms with Crippen LogP contribution in [-0.2, 0) is 6.54 Å².